The first-order valence-electron chi connectivity index (χ1n) is 16.6. The molecule has 3 heterocycles. The Kier molecular flexibility index (Phi) is 5.57. The third-order valence-corrected chi connectivity index (χ3v) is 11.3. The van der Waals surface area contributed by atoms with Crippen LogP contribution in [-0.2, 0) is 0 Å². The highest BCUT2D eigenvalue weighted by Crippen LogP contribution is 2.49. The van der Waals surface area contributed by atoms with Gasteiger partial charge in [0.2, 0.25) is 0 Å². The quantitative estimate of drug-likeness (QED) is 0.179. The van der Waals surface area contributed by atoms with Gasteiger partial charge in [-0.15, -0.1) is 11.3 Å². The van der Waals surface area contributed by atoms with E-state index < -0.39 is 0 Å². The molecule has 0 saturated carbocycles. The van der Waals surface area contributed by atoms with Crippen LogP contribution >= 0.6 is 11.3 Å². The molecular weight excluding hydrogens is 617 g/mol. The zero-order chi connectivity index (χ0) is 32.1. The van der Waals surface area contributed by atoms with E-state index in [-0.39, 0.29) is 0 Å². The lowest BCUT2D eigenvalue weighted by Crippen LogP contribution is -1.91. The molecule has 8 aromatic carbocycles. The van der Waals surface area contributed by atoms with Crippen LogP contribution in [0.25, 0.3) is 108 Å². The van der Waals surface area contributed by atoms with Gasteiger partial charge in [0.15, 0.2) is 0 Å². The average Bonchev–Trinajstić information content (AvgIpc) is 3.86. The Bertz CT molecular complexity index is 3050. The molecule has 11 aromatic rings. The van der Waals surface area contributed by atoms with Gasteiger partial charge in [-0.3, -0.25) is 0 Å². The second-order valence-corrected chi connectivity index (χ2v) is 13.8. The van der Waals surface area contributed by atoms with Crippen molar-refractivity contribution in [2.24, 2.45) is 0 Å². The second kappa shape index (κ2) is 10.2. The van der Waals surface area contributed by atoms with Gasteiger partial charge in [0, 0.05) is 53.5 Å². The number of rotatable bonds is 3. The summed E-state index contributed by atoms with van der Waals surface area (Å²) in [7, 11) is 0. The molecule has 2 nitrogen and oxygen atoms in total. The summed E-state index contributed by atoms with van der Waals surface area (Å²) in [5.41, 5.74) is 8.53. The lowest BCUT2D eigenvalue weighted by Gasteiger charge is -2.18. The van der Waals surface area contributed by atoms with Crippen molar-refractivity contribution in [3.63, 3.8) is 0 Å². The van der Waals surface area contributed by atoms with Gasteiger partial charge in [0.25, 0.3) is 0 Å². The van der Waals surface area contributed by atoms with Crippen molar-refractivity contribution in [3.8, 4) is 33.6 Å². The first-order valence-corrected chi connectivity index (χ1v) is 17.4. The smallest absolute Gasteiger partial charge is 0.139 e. The lowest BCUT2D eigenvalue weighted by molar-refractivity contribution is 0.628. The van der Waals surface area contributed by atoms with Gasteiger partial charge in [-0.05, 0) is 62.5 Å². The van der Waals surface area contributed by atoms with Crippen LogP contribution in [0.1, 0.15) is 0 Å². The second-order valence-electron chi connectivity index (χ2n) is 12.8. The predicted octanol–water partition coefficient (Wildman–Crippen LogP) is 14.0. The Balaban J connectivity index is 1.22. The minimum absolute atomic E-state index is 0.822. The fourth-order valence-electron chi connectivity index (χ4n) is 7.97. The zero-order valence-corrected chi connectivity index (χ0v) is 27.1. The van der Waals surface area contributed by atoms with Gasteiger partial charge in [0.1, 0.15) is 22.5 Å². The summed E-state index contributed by atoms with van der Waals surface area (Å²) in [6.45, 7) is 0. The van der Waals surface area contributed by atoms with E-state index in [1.54, 1.807) is 0 Å². The maximum Gasteiger partial charge on any atom is 0.139 e. The first kappa shape index (κ1) is 26.9. The van der Waals surface area contributed by atoms with Crippen LogP contribution in [0.2, 0.25) is 0 Å². The molecule has 0 radical (unpaired) electrons. The van der Waals surface area contributed by atoms with Crippen molar-refractivity contribution in [1.29, 1.82) is 0 Å². The van der Waals surface area contributed by atoms with E-state index in [4.69, 9.17) is 8.83 Å². The predicted molar refractivity (Wildman–Crippen MR) is 208 cm³/mol. The molecule has 228 valence electrons. The van der Waals surface area contributed by atoms with Crippen molar-refractivity contribution < 1.29 is 8.83 Å². The number of benzene rings is 8. The average molecular weight is 643 g/mol. The Morgan fingerprint density at radius 3 is 1.76 bits per heavy atom. The third kappa shape index (κ3) is 3.88. The van der Waals surface area contributed by atoms with Gasteiger partial charge in [0.05, 0.1) is 0 Å². The molecule has 3 heteroatoms. The molecule has 0 aliphatic rings. The van der Waals surface area contributed by atoms with E-state index in [2.05, 4.69) is 133 Å². The van der Waals surface area contributed by atoms with Gasteiger partial charge in [-0.25, -0.2) is 0 Å². The van der Waals surface area contributed by atoms with E-state index in [9.17, 15) is 0 Å². The normalized spacial score (nSPS) is 12.1. The highest BCUT2D eigenvalue weighted by atomic mass is 32.1. The van der Waals surface area contributed by atoms with Crippen molar-refractivity contribution in [2.75, 3.05) is 0 Å². The molecule has 11 rings (SSSR count). The van der Waals surface area contributed by atoms with Crippen LogP contribution in [-0.4, -0.2) is 0 Å². The van der Waals surface area contributed by atoms with Gasteiger partial charge in [-0.2, -0.15) is 0 Å². The molecule has 0 saturated heterocycles. The van der Waals surface area contributed by atoms with Crippen molar-refractivity contribution in [2.45, 2.75) is 0 Å². The van der Waals surface area contributed by atoms with Crippen LogP contribution in [0.4, 0.5) is 0 Å². The Morgan fingerprint density at radius 1 is 0.388 bits per heavy atom. The SMILES string of the molecule is c1ccc(-c2cc3cc4c(cc3o2)oc2cccc(-c3c5ccccc5c(-c5cccc6c5sc5ccccc56)c5ccccc35)c24)cc1. The Hall–Kier alpha value is -6.16. The summed E-state index contributed by atoms with van der Waals surface area (Å²) in [6, 6.07) is 56.5. The molecule has 0 spiro atoms. The molecule has 0 atom stereocenters. The number of furan rings is 2. The molecular formula is C46H26O2S. The van der Waals surface area contributed by atoms with Crippen LogP contribution < -0.4 is 0 Å². The van der Waals surface area contributed by atoms with E-state index >= 15 is 0 Å². The highest BCUT2D eigenvalue weighted by Gasteiger charge is 2.22. The molecule has 3 aromatic heterocycles. The Labute approximate surface area is 285 Å². The maximum absolute atomic E-state index is 6.57. The summed E-state index contributed by atoms with van der Waals surface area (Å²) in [6.07, 6.45) is 0. The summed E-state index contributed by atoms with van der Waals surface area (Å²) in [5.74, 6) is 0.856. The van der Waals surface area contributed by atoms with E-state index in [1.807, 2.05) is 35.6 Å². The Morgan fingerprint density at radius 2 is 1.00 bits per heavy atom. The zero-order valence-electron chi connectivity index (χ0n) is 26.2. The minimum atomic E-state index is 0.822. The van der Waals surface area contributed by atoms with E-state index in [0.717, 1.165) is 44.2 Å². The van der Waals surface area contributed by atoms with E-state index in [0.29, 0.717) is 0 Å². The van der Waals surface area contributed by atoms with Crippen LogP contribution in [0.3, 0.4) is 0 Å². The van der Waals surface area contributed by atoms with Crippen molar-refractivity contribution in [3.05, 3.63) is 158 Å². The van der Waals surface area contributed by atoms with Crippen LogP contribution in [0, 0.1) is 0 Å². The van der Waals surface area contributed by atoms with Crippen molar-refractivity contribution >= 4 is 86.0 Å². The van der Waals surface area contributed by atoms with Gasteiger partial charge >= 0.3 is 0 Å². The lowest BCUT2D eigenvalue weighted by atomic mass is 9.84. The molecule has 49 heavy (non-hydrogen) atoms. The molecule has 0 fully saturated rings. The standard InChI is InChI=1S/C46H26O2S/c1-2-12-27(13-3-1)39-25-28-24-37-41(26-40(28)48-39)47-38-22-11-20-35(45(37)38)43-30-15-4-6-17-32(30)44(33-18-7-5-16-31(33)43)36-21-10-19-34-29-14-8-9-23-42(29)49-46(34)36/h1-26H. The summed E-state index contributed by atoms with van der Waals surface area (Å²) < 4.78 is 15.6. The molecule has 0 aliphatic heterocycles. The topological polar surface area (TPSA) is 26.3 Å². The van der Waals surface area contributed by atoms with Gasteiger partial charge < -0.3 is 8.83 Å². The first-order chi connectivity index (χ1) is 24.3. The number of hydrogen-bond donors (Lipinski definition) is 0. The highest BCUT2D eigenvalue weighted by molar-refractivity contribution is 7.26. The summed E-state index contributed by atoms with van der Waals surface area (Å²) >= 11 is 1.89. The largest absolute Gasteiger partial charge is 0.456 e. The molecule has 0 unspecified atom stereocenters. The van der Waals surface area contributed by atoms with Crippen LogP contribution in [0.15, 0.2) is 167 Å². The molecule has 0 N–H and O–H groups in total. The number of fused-ring (bicyclic) bond motifs is 9. The number of hydrogen-bond acceptors (Lipinski definition) is 3. The number of thiophene rings is 1. The monoisotopic (exact) mass is 642 g/mol. The maximum atomic E-state index is 6.57. The minimum Gasteiger partial charge on any atom is -0.456 e. The molecule has 0 bridgehead atoms. The fourth-order valence-corrected chi connectivity index (χ4v) is 9.19. The summed E-state index contributed by atoms with van der Waals surface area (Å²) in [4.78, 5) is 0. The molecule has 0 aliphatic carbocycles. The summed E-state index contributed by atoms with van der Waals surface area (Å²) in [5, 5.41) is 10.8. The van der Waals surface area contributed by atoms with E-state index in [1.165, 1.54) is 64.0 Å². The third-order valence-electron chi connectivity index (χ3n) is 10.1. The van der Waals surface area contributed by atoms with Gasteiger partial charge in [-0.1, -0.05) is 127 Å². The van der Waals surface area contributed by atoms with Crippen molar-refractivity contribution in [1.82, 2.24) is 0 Å². The van der Waals surface area contributed by atoms with Crippen LogP contribution in [0.5, 0.6) is 0 Å². The fraction of sp³-hybridized carbons (Fsp3) is 0. The molecule has 0 amide bonds.